The van der Waals surface area contributed by atoms with Crippen molar-refractivity contribution in [2.24, 2.45) is 0 Å². The number of anilines is 1. The summed E-state index contributed by atoms with van der Waals surface area (Å²) in [6.45, 7) is 5.61. The first kappa shape index (κ1) is 12.7. The van der Waals surface area contributed by atoms with Crippen LogP contribution in [0.5, 0.6) is 0 Å². The van der Waals surface area contributed by atoms with E-state index < -0.39 is 0 Å². The largest absolute Gasteiger partial charge is 0.371 e. The van der Waals surface area contributed by atoms with Crippen LogP contribution in [0.1, 0.15) is 26.2 Å². The van der Waals surface area contributed by atoms with E-state index in [9.17, 15) is 0 Å². The SMILES string of the molecule is CCCNC1CCN(c2cccc(Cl)c2)CC1. The van der Waals surface area contributed by atoms with Crippen LogP contribution >= 0.6 is 11.6 Å². The van der Waals surface area contributed by atoms with E-state index in [0.29, 0.717) is 6.04 Å². The van der Waals surface area contributed by atoms with E-state index in [1.807, 2.05) is 12.1 Å². The van der Waals surface area contributed by atoms with Crippen molar-refractivity contribution in [2.75, 3.05) is 24.5 Å². The molecule has 2 nitrogen and oxygen atoms in total. The van der Waals surface area contributed by atoms with E-state index in [0.717, 1.165) is 24.7 Å². The number of benzene rings is 1. The van der Waals surface area contributed by atoms with Crippen LogP contribution in [-0.4, -0.2) is 25.7 Å². The molecule has 2 rings (SSSR count). The molecule has 1 saturated heterocycles. The topological polar surface area (TPSA) is 15.3 Å². The minimum atomic E-state index is 0.699. The van der Waals surface area contributed by atoms with Gasteiger partial charge in [0.2, 0.25) is 0 Å². The van der Waals surface area contributed by atoms with Crippen LogP contribution in [0.15, 0.2) is 24.3 Å². The summed E-state index contributed by atoms with van der Waals surface area (Å²) in [5, 5.41) is 4.43. The van der Waals surface area contributed by atoms with Gasteiger partial charge in [-0.25, -0.2) is 0 Å². The Kier molecular flexibility index (Phi) is 4.69. The average Bonchev–Trinajstić information content (AvgIpc) is 2.37. The third kappa shape index (κ3) is 3.62. The summed E-state index contributed by atoms with van der Waals surface area (Å²) >= 11 is 6.02. The molecule has 1 aromatic carbocycles. The first-order chi connectivity index (χ1) is 8.29. The lowest BCUT2D eigenvalue weighted by Crippen LogP contribution is -2.42. The zero-order valence-electron chi connectivity index (χ0n) is 10.5. The number of halogens is 1. The molecule has 0 unspecified atom stereocenters. The molecule has 0 aromatic heterocycles. The van der Waals surface area contributed by atoms with Crippen molar-refractivity contribution in [1.29, 1.82) is 0 Å². The Bertz CT molecular complexity index is 346. The first-order valence-electron chi connectivity index (χ1n) is 6.53. The van der Waals surface area contributed by atoms with Gasteiger partial charge in [-0.3, -0.25) is 0 Å². The molecule has 0 aliphatic carbocycles. The highest BCUT2D eigenvalue weighted by atomic mass is 35.5. The van der Waals surface area contributed by atoms with Crippen molar-refractivity contribution in [1.82, 2.24) is 5.32 Å². The number of nitrogens with one attached hydrogen (secondary N) is 1. The zero-order valence-corrected chi connectivity index (χ0v) is 11.2. The van der Waals surface area contributed by atoms with Gasteiger partial charge in [-0.15, -0.1) is 0 Å². The van der Waals surface area contributed by atoms with E-state index in [1.165, 1.54) is 24.9 Å². The highest BCUT2D eigenvalue weighted by molar-refractivity contribution is 6.30. The Morgan fingerprint density at radius 1 is 1.35 bits per heavy atom. The Morgan fingerprint density at radius 3 is 2.76 bits per heavy atom. The molecule has 1 heterocycles. The summed E-state index contributed by atoms with van der Waals surface area (Å²) < 4.78 is 0. The smallest absolute Gasteiger partial charge is 0.0426 e. The number of hydrogen-bond acceptors (Lipinski definition) is 2. The van der Waals surface area contributed by atoms with Gasteiger partial charge in [-0.05, 0) is 44.0 Å². The van der Waals surface area contributed by atoms with Crippen LogP contribution in [-0.2, 0) is 0 Å². The second kappa shape index (κ2) is 6.27. The van der Waals surface area contributed by atoms with Gasteiger partial charge in [0.1, 0.15) is 0 Å². The van der Waals surface area contributed by atoms with E-state index in [2.05, 4.69) is 29.3 Å². The Labute approximate surface area is 109 Å². The van der Waals surface area contributed by atoms with Crippen LogP contribution < -0.4 is 10.2 Å². The molecule has 1 aromatic rings. The minimum Gasteiger partial charge on any atom is -0.371 e. The Morgan fingerprint density at radius 2 is 2.12 bits per heavy atom. The lowest BCUT2D eigenvalue weighted by molar-refractivity contribution is 0.416. The minimum absolute atomic E-state index is 0.699. The van der Waals surface area contributed by atoms with Gasteiger partial charge in [0.15, 0.2) is 0 Å². The summed E-state index contributed by atoms with van der Waals surface area (Å²) in [5.74, 6) is 0. The number of nitrogens with zero attached hydrogens (tertiary/aromatic N) is 1. The van der Waals surface area contributed by atoms with Gasteiger partial charge in [0, 0.05) is 29.8 Å². The number of piperidine rings is 1. The van der Waals surface area contributed by atoms with Crippen molar-refractivity contribution in [3.05, 3.63) is 29.3 Å². The quantitative estimate of drug-likeness (QED) is 0.885. The summed E-state index contributed by atoms with van der Waals surface area (Å²) in [5.41, 5.74) is 1.26. The molecule has 0 bridgehead atoms. The van der Waals surface area contributed by atoms with Crippen LogP contribution in [0.25, 0.3) is 0 Å². The summed E-state index contributed by atoms with van der Waals surface area (Å²) in [6, 6.07) is 8.86. The first-order valence-corrected chi connectivity index (χ1v) is 6.91. The molecule has 1 aliphatic rings. The number of rotatable bonds is 4. The Balaban J connectivity index is 1.86. The summed E-state index contributed by atoms with van der Waals surface area (Å²) in [7, 11) is 0. The highest BCUT2D eigenvalue weighted by Gasteiger charge is 2.18. The van der Waals surface area contributed by atoms with Crippen molar-refractivity contribution in [2.45, 2.75) is 32.2 Å². The van der Waals surface area contributed by atoms with Gasteiger partial charge < -0.3 is 10.2 Å². The van der Waals surface area contributed by atoms with Gasteiger partial charge in [0.05, 0.1) is 0 Å². The van der Waals surface area contributed by atoms with Gasteiger partial charge in [0.25, 0.3) is 0 Å². The van der Waals surface area contributed by atoms with Crippen LogP contribution in [0, 0.1) is 0 Å². The van der Waals surface area contributed by atoms with Crippen LogP contribution in [0.2, 0.25) is 5.02 Å². The third-order valence-corrected chi connectivity index (χ3v) is 3.59. The lowest BCUT2D eigenvalue weighted by atomic mass is 10.0. The molecule has 17 heavy (non-hydrogen) atoms. The molecule has 0 radical (unpaired) electrons. The number of hydrogen-bond donors (Lipinski definition) is 1. The molecule has 1 aliphatic heterocycles. The predicted octanol–water partition coefficient (Wildman–Crippen LogP) is 3.31. The summed E-state index contributed by atoms with van der Waals surface area (Å²) in [4.78, 5) is 2.43. The molecule has 0 atom stereocenters. The second-order valence-electron chi connectivity index (χ2n) is 4.70. The molecule has 1 fully saturated rings. The maximum Gasteiger partial charge on any atom is 0.0426 e. The molecule has 94 valence electrons. The maximum absolute atomic E-state index is 6.02. The second-order valence-corrected chi connectivity index (χ2v) is 5.13. The normalized spacial score (nSPS) is 17.4. The van der Waals surface area contributed by atoms with E-state index in [1.54, 1.807) is 0 Å². The molecule has 0 spiro atoms. The monoisotopic (exact) mass is 252 g/mol. The van der Waals surface area contributed by atoms with Crippen molar-refractivity contribution >= 4 is 17.3 Å². The molecule has 1 N–H and O–H groups in total. The van der Waals surface area contributed by atoms with Crippen molar-refractivity contribution in [3.63, 3.8) is 0 Å². The molecular weight excluding hydrogens is 232 g/mol. The third-order valence-electron chi connectivity index (χ3n) is 3.35. The van der Waals surface area contributed by atoms with Crippen molar-refractivity contribution < 1.29 is 0 Å². The van der Waals surface area contributed by atoms with Gasteiger partial charge in [-0.2, -0.15) is 0 Å². The Hall–Kier alpha value is -0.730. The standard InChI is InChI=1S/C14H21ClN2/c1-2-8-16-13-6-9-17(10-7-13)14-5-3-4-12(15)11-14/h3-5,11,13,16H,2,6-10H2,1H3. The van der Waals surface area contributed by atoms with Gasteiger partial charge in [-0.1, -0.05) is 24.6 Å². The van der Waals surface area contributed by atoms with E-state index in [4.69, 9.17) is 11.6 Å². The zero-order chi connectivity index (χ0) is 12.1. The van der Waals surface area contributed by atoms with Crippen LogP contribution in [0.4, 0.5) is 5.69 Å². The van der Waals surface area contributed by atoms with E-state index >= 15 is 0 Å². The highest BCUT2D eigenvalue weighted by Crippen LogP contribution is 2.23. The fourth-order valence-corrected chi connectivity index (χ4v) is 2.55. The molecule has 0 saturated carbocycles. The molecular formula is C14H21ClN2. The molecule has 0 amide bonds. The van der Waals surface area contributed by atoms with E-state index in [-0.39, 0.29) is 0 Å². The fourth-order valence-electron chi connectivity index (χ4n) is 2.36. The van der Waals surface area contributed by atoms with Crippen molar-refractivity contribution in [3.8, 4) is 0 Å². The fraction of sp³-hybridized carbons (Fsp3) is 0.571. The van der Waals surface area contributed by atoms with Crippen LogP contribution in [0.3, 0.4) is 0 Å². The summed E-state index contributed by atoms with van der Waals surface area (Å²) in [6.07, 6.45) is 3.67. The lowest BCUT2D eigenvalue weighted by Gasteiger charge is -2.34. The van der Waals surface area contributed by atoms with Gasteiger partial charge >= 0.3 is 0 Å². The maximum atomic E-state index is 6.02. The molecule has 3 heteroatoms. The predicted molar refractivity (Wildman–Crippen MR) is 75.0 cm³/mol. The average molecular weight is 253 g/mol.